The van der Waals surface area contributed by atoms with E-state index in [1.807, 2.05) is 0 Å². The number of methoxy groups -OCH3 is 2. The molecule has 1 amide bonds. The molecule has 25 heavy (non-hydrogen) atoms. The zero-order chi connectivity index (χ0) is 17.6. The number of anilines is 1. The van der Waals surface area contributed by atoms with E-state index in [1.165, 1.54) is 11.8 Å². The van der Waals surface area contributed by atoms with Gasteiger partial charge in [-0.05, 0) is 12.8 Å². The minimum atomic E-state index is -0.163. The normalized spacial score (nSPS) is 16.6. The molecule has 3 rings (SSSR count). The smallest absolute Gasteiger partial charge is 0.234 e. The Bertz CT molecular complexity index is 708. The van der Waals surface area contributed by atoms with Crippen LogP contribution in [0, 0.1) is 0 Å². The maximum absolute atomic E-state index is 12.1. The molecule has 2 aromatic rings. The lowest BCUT2D eigenvalue weighted by Crippen LogP contribution is -2.14. The number of aromatic nitrogens is 3. The minimum Gasteiger partial charge on any atom is -0.497 e. The monoisotopic (exact) mass is 364 g/mol. The quantitative estimate of drug-likeness (QED) is 0.728. The van der Waals surface area contributed by atoms with Gasteiger partial charge in [0.2, 0.25) is 11.1 Å². The van der Waals surface area contributed by atoms with Crippen molar-refractivity contribution in [1.29, 1.82) is 0 Å². The molecule has 9 heteroatoms. The molecular weight excluding hydrogens is 344 g/mol. The van der Waals surface area contributed by atoms with Gasteiger partial charge in [0.15, 0.2) is 5.82 Å². The number of H-pyrrole nitrogens is 1. The van der Waals surface area contributed by atoms with Gasteiger partial charge in [0, 0.05) is 30.5 Å². The molecule has 0 bridgehead atoms. The number of amides is 1. The van der Waals surface area contributed by atoms with Gasteiger partial charge < -0.3 is 19.5 Å². The lowest BCUT2D eigenvalue weighted by atomic mass is 10.2. The second-order valence-corrected chi connectivity index (χ2v) is 6.39. The van der Waals surface area contributed by atoms with Crippen LogP contribution in [-0.4, -0.2) is 47.7 Å². The van der Waals surface area contributed by atoms with Crippen molar-refractivity contribution >= 4 is 23.4 Å². The molecular formula is C16H20N4O4S. The van der Waals surface area contributed by atoms with Crippen LogP contribution in [0.4, 0.5) is 5.69 Å². The van der Waals surface area contributed by atoms with Crippen LogP contribution >= 0.6 is 11.8 Å². The highest BCUT2D eigenvalue weighted by Crippen LogP contribution is 2.28. The Hall–Kier alpha value is -2.26. The second kappa shape index (κ2) is 8.21. The molecule has 1 aromatic carbocycles. The Kier molecular flexibility index (Phi) is 5.77. The first-order valence-electron chi connectivity index (χ1n) is 7.87. The van der Waals surface area contributed by atoms with E-state index in [-0.39, 0.29) is 17.8 Å². The fraction of sp³-hybridized carbons (Fsp3) is 0.438. The van der Waals surface area contributed by atoms with Crippen LogP contribution in [0.5, 0.6) is 11.5 Å². The predicted octanol–water partition coefficient (Wildman–Crippen LogP) is 2.40. The standard InChI is InChI=1S/C16H20N4O4S/c1-22-11-6-10(7-12(8-11)23-2)17-14(21)9-25-16-18-15(19-20-16)13-4-3-5-24-13/h6-8,13H,3-5,9H2,1-2H3,(H,17,21)(H,18,19,20)/t13-/m1/s1. The van der Waals surface area contributed by atoms with Crippen molar-refractivity contribution in [3.8, 4) is 11.5 Å². The zero-order valence-electron chi connectivity index (χ0n) is 14.1. The molecule has 8 nitrogen and oxygen atoms in total. The van der Waals surface area contributed by atoms with E-state index in [1.54, 1.807) is 32.4 Å². The van der Waals surface area contributed by atoms with Gasteiger partial charge in [-0.15, -0.1) is 5.10 Å². The van der Waals surface area contributed by atoms with Gasteiger partial charge in [0.1, 0.15) is 17.6 Å². The molecule has 134 valence electrons. The van der Waals surface area contributed by atoms with Gasteiger partial charge >= 0.3 is 0 Å². The molecule has 1 aliphatic rings. The maximum atomic E-state index is 12.1. The first-order valence-corrected chi connectivity index (χ1v) is 8.86. The third kappa shape index (κ3) is 4.64. The average Bonchev–Trinajstić information content (AvgIpc) is 3.30. The van der Waals surface area contributed by atoms with Crippen molar-refractivity contribution in [2.24, 2.45) is 0 Å². The number of benzene rings is 1. The number of aromatic amines is 1. The number of hydrogen-bond donors (Lipinski definition) is 2. The Morgan fingerprint density at radius 1 is 1.36 bits per heavy atom. The number of nitrogens with one attached hydrogen (secondary N) is 2. The zero-order valence-corrected chi connectivity index (χ0v) is 14.9. The largest absolute Gasteiger partial charge is 0.497 e. The van der Waals surface area contributed by atoms with Crippen LogP contribution in [0.3, 0.4) is 0 Å². The van der Waals surface area contributed by atoms with Gasteiger partial charge in [0.05, 0.1) is 20.0 Å². The molecule has 1 atom stereocenters. The van der Waals surface area contributed by atoms with Crippen LogP contribution in [0.25, 0.3) is 0 Å². The maximum Gasteiger partial charge on any atom is 0.234 e. The number of nitrogens with zero attached hydrogens (tertiary/aromatic N) is 2. The summed E-state index contributed by atoms with van der Waals surface area (Å²) in [5.74, 6) is 1.97. The first kappa shape index (κ1) is 17.6. The molecule has 2 N–H and O–H groups in total. The van der Waals surface area contributed by atoms with Crippen LogP contribution in [-0.2, 0) is 9.53 Å². The van der Waals surface area contributed by atoms with Gasteiger partial charge in [0.25, 0.3) is 0 Å². The topological polar surface area (TPSA) is 98.4 Å². The first-order chi connectivity index (χ1) is 12.2. The van der Waals surface area contributed by atoms with Gasteiger partial charge in [-0.1, -0.05) is 11.8 Å². The van der Waals surface area contributed by atoms with Crippen LogP contribution in [0.1, 0.15) is 24.8 Å². The summed E-state index contributed by atoms with van der Waals surface area (Å²) in [6, 6.07) is 5.20. The molecule has 0 spiro atoms. The highest BCUT2D eigenvalue weighted by Gasteiger charge is 2.21. The fourth-order valence-corrected chi connectivity index (χ4v) is 3.07. The molecule has 1 aliphatic heterocycles. The molecule has 0 aliphatic carbocycles. The van der Waals surface area contributed by atoms with Gasteiger partial charge in [-0.2, -0.15) is 0 Å². The number of thioether (sulfide) groups is 1. The third-order valence-corrected chi connectivity index (χ3v) is 4.53. The molecule has 0 saturated carbocycles. The van der Waals surface area contributed by atoms with Crippen molar-refractivity contribution in [3.05, 3.63) is 24.0 Å². The number of hydrogen-bond acceptors (Lipinski definition) is 7. The number of ether oxygens (including phenoxy) is 3. The van der Waals surface area contributed by atoms with Crippen molar-refractivity contribution in [1.82, 2.24) is 15.2 Å². The van der Waals surface area contributed by atoms with E-state index >= 15 is 0 Å². The van der Waals surface area contributed by atoms with E-state index in [0.717, 1.165) is 25.3 Å². The van der Waals surface area contributed by atoms with Crippen molar-refractivity contribution in [3.63, 3.8) is 0 Å². The molecule has 1 saturated heterocycles. The Balaban J connectivity index is 1.54. The average molecular weight is 364 g/mol. The number of carbonyl (C=O) groups is 1. The van der Waals surface area contributed by atoms with Crippen molar-refractivity contribution < 1.29 is 19.0 Å². The van der Waals surface area contributed by atoms with E-state index < -0.39 is 0 Å². The molecule has 2 heterocycles. The van der Waals surface area contributed by atoms with Crippen LogP contribution in [0.2, 0.25) is 0 Å². The van der Waals surface area contributed by atoms with E-state index in [0.29, 0.717) is 22.3 Å². The number of carbonyl (C=O) groups excluding carboxylic acids is 1. The summed E-state index contributed by atoms with van der Waals surface area (Å²) in [4.78, 5) is 16.5. The van der Waals surface area contributed by atoms with E-state index in [9.17, 15) is 4.79 Å². The molecule has 0 unspecified atom stereocenters. The van der Waals surface area contributed by atoms with Crippen LogP contribution < -0.4 is 14.8 Å². The second-order valence-electron chi connectivity index (χ2n) is 5.44. The summed E-state index contributed by atoms with van der Waals surface area (Å²) in [5.41, 5.74) is 0.608. The highest BCUT2D eigenvalue weighted by atomic mass is 32.2. The van der Waals surface area contributed by atoms with Crippen LogP contribution in [0.15, 0.2) is 23.4 Å². The lowest BCUT2D eigenvalue weighted by molar-refractivity contribution is -0.113. The summed E-state index contributed by atoms with van der Waals surface area (Å²) in [6.07, 6.45) is 1.96. The van der Waals surface area contributed by atoms with Crippen molar-refractivity contribution in [2.75, 3.05) is 31.9 Å². The Morgan fingerprint density at radius 3 is 2.76 bits per heavy atom. The van der Waals surface area contributed by atoms with E-state index in [4.69, 9.17) is 14.2 Å². The summed E-state index contributed by atoms with van der Waals surface area (Å²) in [6.45, 7) is 0.750. The SMILES string of the molecule is COc1cc(NC(=O)CSc2n[nH]c([C@H]3CCCO3)n2)cc(OC)c1. The number of rotatable bonds is 7. The summed E-state index contributed by atoms with van der Waals surface area (Å²) in [7, 11) is 3.12. The Labute approximate surface area is 149 Å². The molecule has 1 aromatic heterocycles. The fourth-order valence-electron chi connectivity index (χ4n) is 2.47. The minimum absolute atomic E-state index is 0.0140. The molecule has 1 fully saturated rings. The molecule has 0 radical (unpaired) electrons. The van der Waals surface area contributed by atoms with E-state index in [2.05, 4.69) is 20.5 Å². The van der Waals surface area contributed by atoms with Gasteiger partial charge in [-0.25, -0.2) is 4.98 Å². The summed E-state index contributed by atoms with van der Waals surface area (Å²) in [5, 5.41) is 10.3. The predicted molar refractivity (Wildman–Crippen MR) is 93.2 cm³/mol. The third-order valence-electron chi connectivity index (χ3n) is 3.68. The highest BCUT2D eigenvalue weighted by molar-refractivity contribution is 7.99. The summed E-state index contributed by atoms with van der Waals surface area (Å²) < 4.78 is 15.9. The van der Waals surface area contributed by atoms with Gasteiger partial charge in [-0.3, -0.25) is 9.89 Å². The summed E-state index contributed by atoms with van der Waals surface area (Å²) >= 11 is 1.26. The van der Waals surface area contributed by atoms with Crippen molar-refractivity contribution in [2.45, 2.75) is 24.1 Å². The Morgan fingerprint density at radius 2 is 2.12 bits per heavy atom. The lowest BCUT2D eigenvalue weighted by Gasteiger charge is -2.09.